The van der Waals surface area contributed by atoms with Crippen LogP contribution < -0.4 is 5.56 Å². The molecule has 0 aliphatic rings. The Bertz CT molecular complexity index is 550. The maximum atomic E-state index is 11.4. The first-order valence-electron chi connectivity index (χ1n) is 4.34. The number of rotatable bonds is 1. The van der Waals surface area contributed by atoms with Gasteiger partial charge in [-0.2, -0.15) is 0 Å². The average Bonchev–Trinajstić information content (AvgIpc) is 2.23. The van der Waals surface area contributed by atoms with Crippen molar-refractivity contribution in [3.8, 4) is 11.4 Å². The Hall–Kier alpha value is -1.24. The standard InChI is InChI=1S/C10H8IN3O/c1-6-4-12-3-2-7(6)9-13-5-8(11)10(15)14-9/h2-5H,1H3,(H,13,14,15). The lowest BCUT2D eigenvalue weighted by molar-refractivity contribution is 1.10. The third kappa shape index (κ3) is 2.06. The Morgan fingerprint density at radius 3 is 2.87 bits per heavy atom. The molecule has 0 spiro atoms. The lowest BCUT2D eigenvalue weighted by Crippen LogP contribution is -2.11. The van der Waals surface area contributed by atoms with Crippen LogP contribution in [0, 0.1) is 10.5 Å². The molecular weight excluding hydrogens is 305 g/mol. The zero-order valence-electron chi connectivity index (χ0n) is 7.99. The van der Waals surface area contributed by atoms with Crippen molar-refractivity contribution in [2.24, 2.45) is 0 Å². The van der Waals surface area contributed by atoms with Crippen molar-refractivity contribution in [2.75, 3.05) is 0 Å². The number of halogens is 1. The zero-order valence-corrected chi connectivity index (χ0v) is 10.1. The van der Waals surface area contributed by atoms with Gasteiger partial charge in [0.25, 0.3) is 5.56 Å². The van der Waals surface area contributed by atoms with Crippen molar-refractivity contribution in [1.29, 1.82) is 0 Å². The van der Waals surface area contributed by atoms with Crippen LogP contribution in [-0.2, 0) is 0 Å². The summed E-state index contributed by atoms with van der Waals surface area (Å²) in [5, 5.41) is 0. The highest BCUT2D eigenvalue weighted by Crippen LogP contribution is 2.16. The van der Waals surface area contributed by atoms with Crippen LogP contribution >= 0.6 is 22.6 Å². The minimum absolute atomic E-state index is 0.114. The lowest BCUT2D eigenvalue weighted by Gasteiger charge is -2.03. The van der Waals surface area contributed by atoms with Crippen molar-refractivity contribution in [2.45, 2.75) is 6.92 Å². The van der Waals surface area contributed by atoms with Gasteiger partial charge in [0.05, 0.1) is 3.57 Å². The first kappa shape index (κ1) is 10.3. The number of hydrogen-bond donors (Lipinski definition) is 1. The van der Waals surface area contributed by atoms with E-state index in [0.717, 1.165) is 11.1 Å². The average molecular weight is 313 g/mol. The van der Waals surface area contributed by atoms with E-state index in [4.69, 9.17) is 0 Å². The molecular formula is C10H8IN3O. The van der Waals surface area contributed by atoms with E-state index in [1.807, 2.05) is 35.6 Å². The molecule has 76 valence electrons. The van der Waals surface area contributed by atoms with E-state index in [0.29, 0.717) is 9.39 Å². The second-order valence-electron chi connectivity index (χ2n) is 3.10. The fraction of sp³-hybridized carbons (Fsp3) is 0.100. The van der Waals surface area contributed by atoms with Crippen molar-refractivity contribution in [3.63, 3.8) is 0 Å². The quantitative estimate of drug-likeness (QED) is 0.816. The van der Waals surface area contributed by atoms with E-state index >= 15 is 0 Å². The maximum absolute atomic E-state index is 11.4. The molecule has 0 unspecified atom stereocenters. The monoisotopic (exact) mass is 313 g/mol. The number of pyridine rings is 1. The summed E-state index contributed by atoms with van der Waals surface area (Å²) in [6, 6.07) is 1.83. The molecule has 0 aliphatic carbocycles. The van der Waals surface area contributed by atoms with Gasteiger partial charge in [0.2, 0.25) is 0 Å². The van der Waals surface area contributed by atoms with E-state index in [9.17, 15) is 4.79 Å². The topological polar surface area (TPSA) is 58.6 Å². The number of hydrogen-bond acceptors (Lipinski definition) is 3. The molecule has 15 heavy (non-hydrogen) atoms. The van der Waals surface area contributed by atoms with Gasteiger partial charge in [-0.1, -0.05) is 0 Å². The number of aromatic nitrogens is 3. The van der Waals surface area contributed by atoms with Crippen LogP contribution in [0.3, 0.4) is 0 Å². The molecule has 2 aromatic heterocycles. The number of nitrogens with one attached hydrogen (secondary N) is 1. The van der Waals surface area contributed by atoms with Gasteiger partial charge in [0, 0.05) is 24.2 Å². The van der Waals surface area contributed by atoms with Gasteiger partial charge >= 0.3 is 0 Å². The zero-order chi connectivity index (χ0) is 10.8. The van der Waals surface area contributed by atoms with Gasteiger partial charge < -0.3 is 4.98 Å². The number of aryl methyl sites for hydroxylation is 1. The minimum atomic E-state index is -0.114. The van der Waals surface area contributed by atoms with Gasteiger partial charge in [0.1, 0.15) is 5.82 Å². The molecule has 0 bridgehead atoms. The normalized spacial score (nSPS) is 10.3. The number of aromatic amines is 1. The number of H-pyrrole nitrogens is 1. The van der Waals surface area contributed by atoms with Gasteiger partial charge in [-0.25, -0.2) is 4.98 Å². The smallest absolute Gasteiger partial charge is 0.264 e. The van der Waals surface area contributed by atoms with Crippen LogP contribution in [-0.4, -0.2) is 15.0 Å². The SMILES string of the molecule is Cc1cnccc1-c1ncc(I)c(=O)[nH]1. The summed E-state index contributed by atoms with van der Waals surface area (Å²) >= 11 is 1.95. The summed E-state index contributed by atoms with van der Waals surface area (Å²) < 4.78 is 0.586. The third-order valence-corrected chi connectivity index (χ3v) is 2.80. The molecule has 0 atom stereocenters. The summed E-state index contributed by atoms with van der Waals surface area (Å²) in [6.07, 6.45) is 4.99. The summed E-state index contributed by atoms with van der Waals surface area (Å²) in [5.41, 5.74) is 1.78. The van der Waals surface area contributed by atoms with Gasteiger partial charge in [-0.3, -0.25) is 9.78 Å². The minimum Gasteiger partial charge on any atom is -0.306 e. The van der Waals surface area contributed by atoms with E-state index < -0.39 is 0 Å². The van der Waals surface area contributed by atoms with Gasteiger partial charge in [-0.15, -0.1) is 0 Å². The van der Waals surface area contributed by atoms with Crippen LogP contribution in [0.25, 0.3) is 11.4 Å². The first-order chi connectivity index (χ1) is 7.18. The van der Waals surface area contributed by atoms with Crippen LogP contribution in [0.1, 0.15) is 5.56 Å². The molecule has 4 nitrogen and oxygen atoms in total. The Labute approximate surface area is 99.9 Å². The van der Waals surface area contributed by atoms with E-state index in [-0.39, 0.29) is 5.56 Å². The van der Waals surface area contributed by atoms with Crippen LogP contribution in [0.4, 0.5) is 0 Å². The second-order valence-corrected chi connectivity index (χ2v) is 4.26. The Balaban J connectivity index is 2.60. The van der Waals surface area contributed by atoms with E-state index in [2.05, 4.69) is 15.0 Å². The van der Waals surface area contributed by atoms with Crippen LogP contribution in [0.15, 0.2) is 29.5 Å². The molecule has 1 N–H and O–H groups in total. The molecule has 0 amide bonds. The van der Waals surface area contributed by atoms with Crippen LogP contribution in [0.5, 0.6) is 0 Å². The molecule has 0 aromatic carbocycles. The van der Waals surface area contributed by atoms with Gasteiger partial charge in [-0.05, 0) is 41.1 Å². The van der Waals surface area contributed by atoms with Crippen LogP contribution in [0.2, 0.25) is 0 Å². The number of nitrogens with zero attached hydrogens (tertiary/aromatic N) is 2. The Morgan fingerprint density at radius 2 is 2.20 bits per heavy atom. The third-order valence-electron chi connectivity index (χ3n) is 2.03. The van der Waals surface area contributed by atoms with Crippen molar-refractivity contribution in [3.05, 3.63) is 44.1 Å². The highest BCUT2D eigenvalue weighted by molar-refractivity contribution is 14.1. The molecule has 2 heterocycles. The molecule has 2 rings (SSSR count). The summed E-state index contributed by atoms with van der Waals surface area (Å²) in [7, 11) is 0. The first-order valence-corrected chi connectivity index (χ1v) is 5.42. The highest BCUT2D eigenvalue weighted by atomic mass is 127. The predicted molar refractivity (Wildman–Crippen MR) is 65.5 cm³/mol. The largest absolute Gasteiger partial charge is 0.306 e. The van der Waals surface area contributed by atoms with E-state index in [1.54, 1.807) is 18.6 Å². The highest BCUT2D eigenvalue weighted by Gasteiger charge is 2.04. The molecule has 0 saturated heterocycles. The summed E-state index contributed by atoms with van der Waals surface area (Å²) in [4.78, 5) is 22.3. The molecule has 0 radical (unpaired) electrons. The summed E-state index contributed by atoms with van der Waals surface area (Å²) in [6.45, 7) is 1.93. The Morgan fingerprint density at radius 1 is 1.40 bits per heavy atom. The van der Waals surface area contributed by atoms with E-state index in [1.165, 1.54) is 0 Å². The van der Waals surface area contributed by atoms with Crippen molar-refractivity contribution in [1.82, 2.24) is 15.0 Å². The fourth-order valence-electron chi connectivity index (χ4n) is 1.26. The fourth-order valence-corrected chi connectivity index (χ4v) is 1.53. The maximum Gasteiger partial charge on any atom is 0.264 e. The molecule has 0 saturated carbocycles. The predicted octanol–water partition coefficient (Wildman–Crippen LogP) is 1.74. The lowest BCUT2D eigenvalue weighted by atomic mass is 10.1. The molecule has 0 fully saturated rings. The molecule has 2 aromatic rings. The second kappa shape index (κ2) is 4.09. The summed E-state index contributed by atoms with van der Waals surface area (Å²) in [5.74, 6) is 0.584. The Kier molecular flexibility index (Phi) is 2.81. The molecule has 0 aliphatic heterocycles. The van der Waals surface area contributed by atoms with Crippen molar-refractivity contribution < 1.29 is 0 Å². The van der Waals surface area contributed by atoms with Gasteiger partial charge in [0.15, 0.2) is 0 Å². The van der Waals surface area contributed by atoms with Crippen molar-refractivity contribution >= 4 is 22.6 Å². The molecule has 5 heteroatoms.